The molecule has 0 aliphatic carbocycles. The van der Waals surface area contributed by atoms with Crippen LogP contribution in [0.25, 0.3) is 0 Å². The second-order valence-electron chi connectivity index (χ2n) is 3.98. The molecule has 0 amide bonds. The molecule has 1 aliphatic heterocycles. The Morgan fingerprint density at radius 3 is 2.83 bits per heavy atom. The molecule has 2 nitrogen and oxygen atoms in total. The molecule has 1 aliphatic rings. The van der Waals surface area contributed by atoms with Crippen LogP contribution in [0.1, 0.15) is 45.4 Å². The third-order valence-corrected chi connectivity index (χ3v) is 2.63. The van der Waals surface area contributed by atoms with E-state index >= 15 is 0 Å². The van der Waals surface area contributed by atoms with Crippen LogP contribution in [0.15, 0.2) is 0 Å². The van der Waals surface area contributed by atoms with Crippen molar-refractivity contribution in [3.63, 3.8) is 0 Å². The maximum atomic E-state index is 6.17. The van der Waals surface area contributed by atoms with Gasteiger partial charge in [0.2, 0.25) is 0 Å². The molecule has 0 saturated carbocycles. The molecule has 1 saturated heterocycles. The Morgan fingerprint density at radius 1 is 1.42 bits per heavy atom. The summed E-state index contributed by atoms with van der Waals surface area (Å²) >= 11 is 0. The number of hydrogen-bond donors (Lipinski definition) is 1. The second-order valence-corrected chi connectivity index (χ2v) is 3.98. The van der Waals surface area contributed by atoms with E-state index in [0.717, 1.165) is 32.5 Å². The minimum atomic E-state index is 0.00736. The van der Waals surface area contributed by atoms with Gasteiger partial charge < -0.3 is 10.5 Å². The molecule has 0 radical (unpaired) electrons. The summed E-state index contributed by atoms with van der Waals surface area (Å²) in [5.41, 5.74) is 6.18. The summed E-state index contributed by atoms with van der Waals surface area (Å²) in [6.45, 7) is 3.91. The van der Waals surface area contributed by atoms with Gasteiger partial charge in [0.05, 0.1) is 6.61 Å². The van der Waals surface area contributed by atoms with E-state index in [1.807, 2.05) is 0 Å². The van der Waals surface area contributed by atoms with Crippen molar-refractivity contribution in [2.24, 2.45) is 5.73 Å². The molecular weight excluding hydrogens is 150 g/mol. The summed E-state index contributed by atoms with van der Waals surface area (Å²) in [7, 11) is 0. The minimum Gasteiger partial charge on any atom is -0.380 e. The Labute approximate surface area is 75.5 Å². The Balaban J connectivity index is 2.17. The van der Waals surface area contributed by atoms with E-state index < -0.39 is 0 Å². The van der Waals surface area contributed by atoms with E-state index in [9.17, 15) is 0 Å². The lowest BCUT2D eigenvalue weighted by atomic mass is 9.88. The molecule has 1 atom stereocenters. The number of unbranched alkanes of at least 4 members (excludes halogenated alkanes) is 2. The molecule has 0 aromatic rings. The first-order valence-corrected chi connectivity index (χ1v) is 5.13. The van der Waals surface area contributed by atoms with Crippen LogP contribution in [0.4, 0.5) is 0 Å². The highest BCUT2D eigenvalue weighted by Gasteiger charge is 2.27. The number of ether oxygens (including phenoxy) is 1. The molecule has 1 fully saturated rings. The van der Waals surface area contributed by atoms with Crippen molar-refractivity contribution >= 4 is 0 Å². The molecule has 0 spiro atoms. The molecule has 72 valence electrons. The first kappa shape index (κ1) is 10.0. The molecule has 0 aromatic heterocycles. The molecule has 2 N–H and O–H groups in total. The molecule has 0 aromatic carbocycles. The Kier molecular flexibility index (Phi) is 4.02. The van der Waals surface area contributed by atoms with Crippen molar-refractivity contribution in [1.29, 1.82) is 0 Å². The van der Waals surface area contributed by atoms with Gasteiger partial charge in [-0.1, -0.05) is 26.2 Å². The van der Waals surface area contributed by atoms with Crippen LogP contribution in [0, 0.1) is 0 Å². The summed E-state index contributed by atoms with van der Waals surface area (Å²) in [4.78, 5) is 0. The summed E-state index contributed by atoms with van der Waals surface area (Å²) < 4.78 is 5.39. The number of nitrogens with two attached hydrogens (primary N) is 1. The zero-order valence-electron chi connectivity index (χ0n) is 8.14. The smallest absolute Gasteiger partial charge is 0.0646 e. The van der Waals surface area contributed by atoms with Crippen LogP contribution in [0.3, 0.4) is 0 Å². The van der Waals surface area contributed by atoms with Crippen LogP contribution in [-0.4, -0.2) is 18.8 Å². The average molecular weight is 171 g/mol. The predicted octanol–water partition coefficient (Wildman–Crippen LogP) is 2.07. The highest BCUT2D eigenvalue weighted by Crippen LogP contribution is 2.22. The van der Waals surface area contributed by atoms with Crippen LogP contribution >= 0.6 is 0 Å². The van der Waals surface area contributed by atoms with E-state index in [2.05, 4.69) is 6.92 Å². The lowest BCUT2D eigenvalue weighted by Gasteiger charge is -2.33. The monoisotopic (exact) mass is 171 g/mol. The fraction of sp³-hybridized carbons (Fsp3) is 1.00. The number of rotatable bonds is 4. The highest BCUT2D eigenvalue weighted by molar-refractivity contribution is 4.85. The lowest BCUT2D eigenvalue weighted by molar-refractivity contribution is 0.0334. The van der Waals surface area contributed by atoms with E-state index in [1.54, 1.807) is 0 Å². The summed E-state index contributed by atoms with van der Waals surface area (Å²) in [5, 5.41) is 0. The fourth-order valence-electron chi connectivity index (χ4n) is 1.80. The normalized spacial score (nSPS) is 30.5. The summed E-state index contributed by atoms with van der Waals surface area (Å²) in [6.07, 6.45) is 7.27. The standard InChI is InChI=1S/C10H21NO/c1-2-3-4-6-10(11)7-5-8-12-9-10/h2-9,11H2,1H3. The molecule has 0 bridgehead atoms. The van der Waals surface area contributed by atoms with E-state index in [4.69, 9.17) is 10.5 Å². The molecule has 1 unspecified atom stereocenters. The Bertz CT molecular complexity index is 119. The van der Waals surface area contributed by atoms with E-state index in [-0.39, 0.29) is 5.54 Å². The molecule has 1 rings (SSSR count). The Morgan fingerprint density at radius 2 is 2.25 bits per heavy atom. The maximum absolute atomic E-state index is 6.17. The van der Waals surface area contributed by atoms with Gasteiger partial charge in [0, 0.05) is 12.1 Å². The topological polar surface area (TPSA) is 35.2 Å². The largest absolute Gasteiger partial charge is 0.380 e. The second kappa shape index (κ2) is 4.83. The zero-order chi connectivity index (χ0) is 8.86. The minimum absolute atomic E-state index is 0.00736. The molecular formula is C10H21NO. The highest BCUT2D eigenvalue weighted by atomic mass is 16.5. The Hall–Kier alpha value is -0.0800. The third-order valence-electron chi connectivity index (χ3n) is 2.63. The van der Waals surface area contributed by atoms with Crippen molar-refractivity contribution in [2.45, 2.75) is 51.0 Å². The zero-order valence-corrected chi connectivity index (χ0v) is 8.14. The van der Waals surface area contributed by atoms with Crippen LogP contribution < -0.4 is 5.73 Å². The van der Waals surface area contributed by atoms with Crippen LogP contribution in [0.5, 0.6) is 0 Å². The summed E-state index contributed by atoms with van der Waals surface area (Å²) in [6, 6.07) is 0. The van der Waals surface area contributed by atoms with Crippen LogP contribution in [0.2, 0.25) is 0 Å². The van der Waals surface area contributed by atoms with Crippen molar-refractivity contribution in [1.82, 2.24) is 0 Å². The van der Waals surface area contributed by atoms with Crippen molar-refractivity contribution in [2.75, 3.05) is 13.2 Å². The lowest BCUT2D eigenvalue weighted by Crippen LogP contribution is -2.47. The van der Waals surface area contributed by atoms with Gasteiger partial charge in [-0.05, 0) is 19.3 Å². The molecule has 2 heteroatoms. The maximum Gasteiger partial charge on any atom is 0.0646 e. The fourth-order valence-corrected chi connectivity index (χ4v) is 1.80. The quantitative estimate of drug-likeness (QED) is 0.657. The van der Waals surface area contributed by atoms with Gasteiger partial charge in [-0.15, -0.1) is 0 Å². The third kappa shape index (κ3) is 3.11. The van der Waals surface area contributed by atoms with Crippen molar-refractivity contribution < 1.29 is 4.74 Å². The van der Waals surface area contributed by atoms with E-state index in [0.29, 0.717) is 0 Å². The predicted molar refractivity (Wildman–Crippen MR) is 51.1 cm³/mol. The van der Waals surface area contributed by atoms with Crippen molar-refractivity contribution in [3.8, 4) is 0 Å². The first-order valence-electron chi connectivity index (χ1n) is 5.13. The van der Waals surface area contributed by atoms with Crippen LogP contribution in [-0.2, 0) is 4.74 Å². The first-order chi connectivity index (χ1) is 5.77. The van der Waals surface area contributed by atoms with Gasteiger partial charge in [0.15, 0.2) is 0 Å². The molecule has 12 heavy (non-hydrogen) atoms. The number of hydrogen-bond acceptors (Lipinski definition) is 2. The van der Waals surface area contributed by atoms with Gasteiger partial charge >= 0.3 is 0 Å². The SMILES string of the molecule is CCCCCC1(N)CCCOC1. The van der Waals surface area contributed by atoms with Gasteiger partial charge in [0.25, 0.3) is 0 Å². The van der Waals surface area contributed by atoms with Gasteiger partial charge in [0.1, 0.15) is 0 Å². The average Bonchev–Trinajstić information content (AvgIpc) is 2.06. The van der Waals surface area contributed by atoms with Gasteiger partial charge in [-0.3, -0.25) is 0 Å². The summed E-state index contributed by atoms with van der Waals surface area (Å²) in [5.74, 6) is 0. The van der Waals surface area contributed by atoms with Gasteiger partial charge in [-0.2, -0.15) is 0 Å². The van der Waals surface area contributed by atoms with E-state index in [1.165, 1.54) is 19.3 Å². The molecule has 1 heterocycles. The van der Waals surface area contributed by atoms with Gasteiger partial charge in [-0.25, -0.2) is 0 Å². The van der Waals surface area contributed by atoms with Crippen molar-refractivity contribution in [3.05, 3.63) is 0 Å².